The summed E-state index contributed by atoms with van der Waals surface area (Å²) < 4.78 is 7.05. The van der Waals surface area contributed by atoms with E-state index in [1.165, 1.54) is 0 Å². The molecule has 5 heteroatoms. The summed E-state index contributed by atoms with van der Waals surface area (Å²) in [5.74, 6) is 0. The predicted octanol–water partition coefficient (Wildman–Crippen LogP) is 2.55. The molecule has 1 unspecified atom stereocenters. The molecule has 0 aliphatic heterocycles. The standard InChI is InChI=1S/C20H23N3O2/c1-20(14-25-2,16-8-4-3-5-9-16)22-12-13-23-15-21-18-11-7-6-10-17(18)19(23)24/h3-11,15,22H,12-14H2,1-2H3. The zero-order valence-corrected chi connectivity index (χ0v) is 14.6. The van der Waals surface area contributed by atoms with Crippen LogP contribution in [0.15, 0.2) is 65.7 Å². The molecule has 130 valence electrons. The SMILES string of the molecule is COCC(C)(NCCn1cnc2ccccc2c1=O)c1ccccc1. The number of nitrogens with zero attached hydrogens (tertiary/aromatic N) is 2. The molecule has 2 aromatic carbocycles. The van der Waals surface area contributed by atoms with Gasteiger partial charge in [-0.2, -0.15) is 0 Å². The molecule has 0 bridgehead atoms. The first-order valence-electron chi connectivity index (χ1n) is 8.38. The van der Waals surface area contributed by atoms with Crippen molar-refractivity contribution in [2.45, 2.75) is 19.0 Å². The van der Waals surface area contributed by atoms with Crippen molar-refractivity contribution >= 4 is 10.9 Å². The highest BCUT2D eigenvalue weighted by Crippen LogP contribution is 2.20. The fourth-order valence-corrected chi connectivity index (χ4v) is 3.05. The van der Waals surface area contributed by atoms with E-state index in [1.54, 1.807) is 18.0 Å². The Balaban J connectivity index is 1.75. The highest BCUT2D eigenvalue weighted by molar-refractivity contribution is 5.76. The lowest BCUT2D eigenvalue weighted by Crippen LogP contribution is -2.45. The Bertz CT molecular complexity index is 892. The van der Waals surface area contributed by atoms with Crippen LogP contribution in [-0.4, -0.2) is 29.8 Å². The van der Waals surface area contributed by atoms with Crippen LogP contribution in [-0.2, 0) is 16.8 Å². The second kappa shape index (κ2) is 7.59. The van der Waals surface area contributed by atoms with Crippen molar-refractivity contribution in [3.8, 4) is 0 Å². The highest BCUT2D eigenvalue weighted by atomic mass is 16.5. The van der Waals surface area contributed by atoms with E-state index in [9.17, 15) is 4.79 Å². The molecule has 3 rings (SSSR count). The number of nitrogens with one attached hydrogen (secondary N) is 1. The summed E-state index contributed by atoms with van der Waals surface area (Å²) in [7, 11) is 1.70. The van der Waals surface area contributed by atoms with E-state index in [0.29, 0.717) is 25.1 Å². The van der Waals surface area contributed by atoms with Gasteiger partial charge in [0.2, 0.25) is 0 Å². The van der Waals surface area contributed by atoms with E-state index in [2.05, 4.69) is 29.4 Å². The van der Waals surface area contributed by atoms with Gasteiger partial charge in [-0.25, -0.2) is 4.98 Å². The van der Waals surface area contributed by atoms with Gasteiger partial charge in [-0.15, -0.1) is 0 Å². The van der Waals surface area contributed by atoms with Crippen LogP contribution in [0, 0.1) is 0 Å². The molecule has 1 N–H and O–H groups in total. The molecule has 0 radical (unpaired) electrons. The largest absolute Gasteiger partial charge is 0.382 e. The number of benzene rings is 2. The number of hydrogen-bond donors (Lipinski definition) is 1. The lowest BCUT2D eigenvalue weighted by atomic mass is 9.93. The van der Waals surface area contributed by atoms with Crippen LogP contribution in [0.2, 0.25) is 0 Å². The minimum absolute atomic E-state index is 0.0134. The number of rotatable bonds is 7. The quantitative estimate of drug-likeness (QED) is 0.720. The normalized spacial score (nSPS) is 13.7. The Hall–Kier alpha value is -2.50. The van der Waals surface area contributed by atoms with Crippen LogP contribution < -0.4 is 10.9 Å². The van der Waals surface area contributed by atoms with Crippen molar-refractivity contribution in [2.75, 3.05) is 20.3 Å². The van der Waals surface area contributed by atoms with Crippen LogP contribution in [0.4, 0.5) is 0 Å². The van der Waals surface area contributed by atoms with Gasteiger partial charge in [0.1, 0.15) is 0 Å². The average molecular weight is 337 g/mol. The molecular formula is C20H23N3O2. The molecule has 0 fully saturated rings. The van der Waals surface area contributed by atoms with Crippen LogP contribution in [0.1, 0.15) is 12.5 Å². The topological polar surface area (TPSA) is 56.1 Å². The minimum Gasteiger partial charge on any atom is -0.382 e. The van der Waals surface area contributed by atoms with Gasteiger partial charge in [-0.05, 0) is 24.6 Å². The summed E-state index contributed by atoms with van der Waals surface area (Å²) in [5.41, 5.74) is 1.55. The van der Waals surface area contributed by atoms with Crippen LogP contribution >= 0.6 is 0 Å². The second-order valence-electron chi connectivity index (χ2n) is 6.32. The van der Waals surface area contributed by atoms with Gasteiger partial charge in [0.25, 0.3) is 5.56 Å². The molecule has 1 atom stereocenters. The van der Waals surface area contributed by atoms with Crippen LogP contribution in [0.25, 0.3) is 10.9 Å². The molecule has 1 heterocycles. The summed E-state index contributed by atoms with van der Waals surface area (Å²) in [6.45, 7) is 3.83. The molecular weight excluding hydrogens is 314 g/mol. The molecule has 5 nitrogen and oxygen atoms in total. The van der Waals surface area contributed by atoms with Crippen molar-refractivity contribution in [2.24, 2.45) is 0 Å². The lowest BCUT2D eigenvalue weighted by molar-refractivity contribution is 0.117. The number of hydrogen-bond acceptors (Lipinski definition) is 4. The number of ether oxygens (including phenoxy) is 1. The summed E-state index contributed by atoms with van der Waals surface area (Å²) in [5, 5.41) is 4.17. The Labute approximate surface area is 147 Å². The fourth-order valence-electron chi connectivity index (χ4n) is 3.05. The monoisotopic (exact) mass is 337 g/mol. The summed E-state index contributed by atoms with van der Waals surface area (Å²) in [6, 6.07) is 17.6. The van der Waals surface area contributed by atoms with Gasteiger partial charge < -0.3 is 10.1 Å². The van der Waals surface area contributed by atoms with Gasteiger partial charge in [-0.1, -0.05) is 42.5 Å². The molecule has 0 aliphatic carbocycles. The van der Waals surface area contributed by atoms with E-state index in [0.717, 1.165) is 11.1 Å². The molecule has 0 saturated carbocycles. The fraction of sp³-hybridized carbons (Fsp3) is 0.300. The molecule has 0 spiro atoms. The Morgan fingerprint density at radius 1 is 1.12 bits per heavy atom. The molecule has 0 aliphatic rings. The number of methoxy groups -OCH3 is 1. The molecule has 1 aromatic heterocycles. The zero-order chi connectivity index (χ0) is 17.7. The Morgan fingerprint density at radius 2 is 1.84 bits per heavy atom. The molecule has 3 aromatic rings. The van der Waals surface area contributed by atoms with E-state index in [-0.39, 0.29) is 11.1 Å². The summed E-state index contributed by atoms with van der Waals surface area (Å²) in [4.78, 5) is 16.9. The van der Waals surface area contributed by atoms with Crippen molar-refractivity contribution in [3.63, 3.8) is 0 Å². The van der Waals surface area contributed by atoms with Crippen molar-refractivity contribution in [1.29, 1.82) is 0 Å². The minimum atomic E-state index is -0.316. The van der Waals surface area contributed by atoms with Crippen molar-refractivity contribution < 1.29 is 4.74 Å². The smallest absolute Gasteiger partial charge is 0.261 e. The van der Waals surface area contributed by atoms with Gasteiger partial charge in [-0.3, -0.25) is 9.36 Å². The van der Waals surface area contributed by atoms with Gasteiger partial charge in [0, 0.05) is 20.2 Å². The highest BCUT2D eigenvalue weighted by Gasteiger charge is 2.25. The van der Waals surface area contributed by atoms with Gasteiger partial charge in [0.05, 0.1) is 29.4 Å². The summed E-state index contributed by atoms with van der Waals surface area (Å²) >= 11 is 0. The maximum atomic E-state index is 12.6. The number of fused-ring (bicyclic) bond motifs is 1. The van der Waals surface area contributed by atoms with Crippen LogP contribution in [0.5, 0.6) is 0 Å². The lowest BCUT2D eigenvalue weighted by Gasteiger charge is -2.31. The summed E-state index contributed by atoms with van der Waals surface area (Å²) in [6.07, 6.45) is 1.61. The average Bonchev–Trinajstić information content (AvgIpc) is 2.65. The van der Waals surface area contributed by atoms with E-state index in [4.69, 9.17) is 4.74 Å². The molecule has 0 saturated heterocycles. The first-order valence-corrected chi connectivity index (χ1v) is 8.38. The Morgan fingerprint density at radius 3 is 2.60 bits per heavy atom. The van der Waals surface area contributed by atoms with E-state index < -0.39 is 0 Å². The third-order valence-electron chi connectivity index (χ3n) is 4.44. The third-order valence-corrected chi connectivity index (χ3v) is 4.44. The Kier molecular flexibility index (Phi) is 5.26. The first-order chi connectivity index (χ1) is 12.1. The maximum absolute atomic E-state index is 12.6. The van der Waals surface area contributed by atoms with E-state index >= 15 is 0 Å². The predicted molar refractivity (Wildman–Crippen MR) is 99.7 cm³/mol. The van der Waals surface area contributed by atoms with E-state index in [1.807, 2.05) is 42.5 Å². The third kappa shape index (κ3) is 3.78. The van der Waals surface area contributed by atoms with Crippen LogP contribution in [0.3, 0.4) is 0 Å². The number of para-hydroxylation sites is 1. The van der Waals surface area contributed by atoms with Crippen molar-refractivity contribution in [3.05, 3.63) is 76.8 Å². The maximum Gasteiger partial charge on any atom is 0.261 e. The van der Waals surface area contributed by atoms with Crippen molar-refractivity contribution in [1.82, 2.24) is 14.9 Å². The molecule has 25 heavy (non-hydrogen) atoms. The molecule has 0 amide bonds. The first kappa shape index (κ1) is 17.3. The van der Waals surface area contributed by atoms with Gasteiger partial charge in [0.15, 0.2) is 0 Å². The van der Waals surface area contributed by atoms with Gasteiger partial charge >= 0.3 is 0 Å². The zero-order valence-electron chi connectivity index (χ0n) is 14.6. The number of aromatic nitrogens is 2. The second-order valence-corrected chi connectivity index (χ2v) is 6.32.